The van der Waals surface area contributed by atoms with Crippen LogP contribution in [0.1, 0.15) is 33.1 Å². The Morgan fingerprint density at radius 1 is 1.45 bits per heavy atom. The molecule has 1 aromatic rings. The van der Waals surface area contributed by atoms with Crippen molar-refractivity contribution in [3.05, 3.63) is 12.3 Å². The minimum Gasteiger partial charge on any atom is -0.478 e. The van der Waals surface area contributed by atoms with Crippen molar-refractivity contribution in [3.8, 4) is 5.88 Å². The standard InChI is InChI=1S/C14H21N3O3/c1-3-9-20-12-7-8-15-14(16-12)17(11-5-6-11)10-13(18)19-4-2/h7-8,11H,3-6,9-10H2,1-2H3. The van der Waals surface area contributed by atoms with Gasteiger partial charge in [0, 0.05) is 18.3 Å². The van der Waals surface area contributed by atoms with Gasteiger partial charge in [-0.3, -0.25) is 4.79 Å². The predicted molar refractivity (Wildman–Crippen MR) is 74.8 cm³/mol. The van der Waals surface area contributed by atoms with Crippen molar-refractivity contribution >= 4 is 11.9 Å². The summed E-state index contributed by atoms with van der Waals surface area (Å²) >= 11 is 0. The van der Waals surface area contributed by atoms with Crippen molar-refractivity contribution in [2.75, 3.05) is 24.7 Å². The van der Waals surface area contributed by atoms with E-state index in [9.17, 15) is 4.79 Å². The SMILES string of the molecule is CCCOc1ccnc(N(CC(=O)OCC)C2CC2)n1. The zero-order valence-corrected chi connectivity index (χ0v) is 12.0. The molecule has 0 saturated heterocycles. The molecule has 110 valence electrons. The van der Waals surface area contributed by atoms with Gasteiger partial charge in [0.1, 0.15) is 6.54 Å². The number of anilines is 1. The molecule has 6 heteroatoms. The van der Waals surface area contributed by atoms with E-state index in [0.29, 0.717) is 31.1 Å². The van der Waals surface area contributed by atoms with Gasteiger partial charge < -0.3 is 14.4 Å². The van der Waals surface area contributed by atoms with Gasteiger partial charge in [-0.1, -0.05) is 6.92 Å². The minimum absolute atomic E-state index is 0.190. The summed E-state index contributed by atoms with van der Waals surface area (Å²) in [6.45, 7) is 5.04. The Morgan fingerprint density at radius 3 is 2.90 bits per heavy atom. The molecular weight excluding hydrogens is 258 g/mol. The van der Waals surface area contributed by atoms with Crippen molar-refractivity contribution < 1.29 is 14.3 Å². The number of carbonyl (C=O) groups is 1. The van der Waals surface area contributed by atoms with Gasteiger partial charge >= 0.3 is 5.97 Å². The molecule has 0 spiro atoms. The number of ether oxygens (including phenoxy) is 2. The van der Waals surface area contributed by atoms with Crippen LogP contribution >= 0.6 is 0 Å². The van der Waals surface area contributed by atoms with Gasteiger partial charge in [-0.15, -0.1) is 0 Å². The predicted octanol–water partition coefficient (Wildman–Crippen LogP) is 1.80. The average molecular weight is 279 g/mol. The number of carbonyl (C=O) groups excluding carboxylic acids is 1. The summed E-state index contributed by atoms with van der Waals surface area (Å²) in [5, 5.41) is 0. The lowest BCUT2D eigenvalue weighted by atomic mass is 10.4. The molecule has 1 aliphatic carbocycles. The lowest BCUT2D eigenvalue weighted by Crippen LogP contribution is -2.34. The summed E-state index contributed by atoms with van der Waals surface area (Å²) in [6, 6.07) is 2.06. The Labute approximate surface area is 119 Å². The van der Waals surface area contributed by atoms with Crippen LogP contribution in [-0.2, 0) is 9.53 Å². The summed E-state index contributed by atoms with van der Waals surface area (Å²) < 4.78 is 10.5. The molecule has 2 rings (SSSR count). The Morgan fingerprint density at radius 2 is 2.25 bits per heavy atom. The highest BCUT2D eigenvalue weighted by Crippen LogP contribution is 2.30. The molecule has 20 heavy (non-hydrogen) atoms. The van der Waals surface area contributed by atoms with Crippen molar-refractivity contribution in [2.24, 2.45) is 0 Å². The Balaban J connectivity index is 2.06. The van der Waals surface area contributed by atoms with E-state index in [1.54, 1.807) is 19.2 Å². The number of esters is 1. The monoisotopic (exact) mass is 279 g/mol. The van der Waals surface area contributed by atoms with Crippen LogP contribution in [0.3, 0.4) is 0 Å². The fourth-order valence-electron chi connectivity index (χ4n) is 1.85. The number of hydrogen-bond donors (Lipinski definition) is 0. The van der Waals surface area contributed by atoms with Gasteiger partial charge in [-0.25, -0.2) is 4.98 Å². The normalized spacial score (nSPS) is 13.9. The maximum Gasteiger partial charge on any atom is 0.325 e. The molecule has 6 nitrogen and oxygen atoms in total. The Kier molecular flexibility index (Phi) is 5.15. The average Bonchev–Trinajstić information content (AvgIpc) is 3.28. The maximum absolute atomic E-state index is 11.7. The Bertz CT molecular complexity index is 449. The molecule has 0 radical (unpaired) electrons. The van der Waals surface area contributed by atoms with Crippen LogP contribution in [0.15, 0.2) is 12.3 Å². The Hall–Kier alpha value is -1.85. The zero-order valence-electron chi connectivity index (χ0n) is 12.0. The molecule has 1 fully saturated rings. The summed E-state index contributed by atoms with van der Waals surface area (Å²) in [4.78, 5) is 22.2. The summed E-state index contributed by atoms with van der Waals surface area (Å²) in [7, 11) is 0. The molecule has 0 aromatic carbocycles. The van der Waals surface area contributed by atoms with Crippen LogP contribution < -0.4 is 9.64 Å². The van der Waals surface area contributed by atoms with Gasteiger partial charge in [0.2, 0.25) is 11.8 Å². The van der Waals surface area contributed by atoms with Gasteiger partial charge in [0.05, 0.1) is 13.2 Å². The van der Waals surface area contributed by atoms with Crippen molar-refractivity contribution in [1.82, 2.24) is 9.97 Å². The van der Waals surface area contributed by atoms with Gasteiger partial charge in [0.15, 0.2) is 0 Å². The lowest BCUT2D eigenvalue weighted by molar-refractivity contribution is -0.141. The van der Waals surface area contributed by atoms with E-state index < -0.39 is 0 Å². The zero-order chi connectivity index (χ0) is 14.4. The highest BCUT2D eigenvalue weighted by molar-refractivity contribution is 5.75. The second-order valence-electron chi connectivity index (χ2n) is 4.71. The van der Waals surface area contributed by atoms with Crippen LogP contribution in [0.4, 0.5) is 5.95 Å². The first-order valence-electron chi connectivity index (χ1n) is 7.12. The quantitative estimate of drug-likeness (QED) is 0.676. The molecule has 1 aliphatic rings. The second-order valence-corrected chi connectivity index (χ2v) is 4.71. The molecule has 1 heterocycles. The topological polar surface area (TPSA) is 64.5 Å². The fraction of sp³-hybridized carbons (Fsp3) is 0.643. The largest absolute Gasteiger partial charge is 0.478 e. The van der Waals surface area contributed by atoms with Crippen LogP contribution in [0.25, 0.3) is 0 Å². The molecule has 0 bridgehead atoms. The van der Waals surface area contributed by atoms with Gasteiger partial charge in [0.25, 0.3) is 0 Å². The van der Waals surface area contributed by atoms with E-state index in [1.807, 2.05) is 11.8 Å². The lowest BCUT2D eigenvalue weighted by Gasteiger charge is -2.21. The highest BCUT2D eigenvalue weighted by Gasteiger charge is 2.32. The van der Waals surface area contributed by atoms with E-state index in [4.69, 9.17) is 9.47 Å². The van der Waals surface area contributed by atoms with Crippen LogP contribution in [0, 0.1) is 0 Å². The maximum atomic E-state index is 11.7. The smallest absolute Gasteiger partial charge is 0.325 e. The van der Waals surface area contributed by atoms with Crippen LogP contribution in [0.5, 0.6) is 5.88 Å². The number of aromatic nitrogens is 2. The first-order chi connectivity index (χ1) is 9.74. The van der Waals surface area contributed by atoms with E-state index in [0.717, 1.165) is 19.3 Å². The minimum atomic E-state index is -0.247. The number of rotatable bonds is 8. The first kappa shape index (κ1) is 14.6. The third-order valence-corrected chi connectivity index (χ3v) is 2.92. The van der Waals surface area contributed by atoms with Crippen molar-refractivity contribution in [3.63, 3.8) is 0 Å². The molecule has 0 aliphatic heterocycles. The fourth-order valence-corrected chi connectivity index (χ4v) is 1.85. The molecule has 0 amide bonds. The van der Waals surface area contributed by atoms with E-state index in [1.165, 1.54) is 0 Å². The second kappa shape index (κ2) is 7.07. The summed E-state index contributed by atoms with van der Waals surface area (Å²) in [5.41, 5.74) is 0. The molecular formula is C14H21N3O3. The van der Waals surface area contributed by atoms with Crippen molar-refractivity contribution in [1.29, 1.82) is 0 Å². The third-order valence-electron chi connectivity index (χ3n) is 2.92. The molecule has 1 saturated carbocycles. The molecule has 0 atom stereocenters. The summed E-state index contributed by atoms with van der Waals surface area (Å²) in [6.07, 6.45) is 4.70. The molecule has 0 N–H and O–H groups in total. The van der Waals surface area contributed by atoms with E-state index in [2.05, 4.69) is 9.97 Å². The number of hydrogen-bond acceptors (Lipinski definition) is 6. The third kappa shape index (κ3) is 4.08. The summed E-state index contributed by atoms with van der Waals surface area (Å²) in [5.74, 6) is 0.836. The molecule has 0 unspecified atom stereocenters. The van der Waals surface area contributed by atoms with E-state index in [-0.39, 0.29) is 12.5 Å². The van der Waals surface area contributed by atoms with Crippen molar-refractivity contribution in [2.45, 2.75) is 39.2 Å². The van der Waals surface area contributed by atoms with Gasteiger partial charge in [-0.2, -0.15) is 4.98 Å². The van der Waals surface area contributed by atoms with E-state index >= 15 is 0 Å². The molecule has 1 aromatic heterocycles. The number of nitrogens with zero attached hydrogens (tertiary/aromatic N) is 3. The van der Waals surface area contributed by atoms with Crippen LogP contribution in [-0.4, -0.2) is 41.7 Å². The first-order valence-corrected chi connectivity index (χ1v) is 7.12. The van der Waals surface area contributed by atoms with Crippen LogP contribution in [0.2, 0.25) is 0 Å². The highest BCUT2D eigenvalue weighted by atomic mass is 16.5. The van der Waals surface area contributed by atoms with Gasteiger partial charge in [-0.05, 0) is 26.2 Å².